The summed E-state index contributed by atoms with van der Waals surface area (Å²) >= 11 is 11.4. The molecule has 0 aliphatic rings. The van der Waals surface area contributed by atoms with E-state index in [4.69, 9.17) is 11.6 Å². The molecular formula is C10H10BrClINO. The van der Waals surface area contributed by atoms with Crippen molar-refractivity contribution in [3.05, 3.63) is 33.3 Å². The third-order valence-corrected chi connectivity index (χ3v) is 3.16. The van der Waals surface area contributed by atoms with E-state index in [1.807, 2.05) is 0 Å². The first kappa shape index (κ1) is 13.3. The van der Waals surface area contributed by atoms with Gasteiger partial charge >= 0.3 is 0 Å². The Bertz CT molecular complexity index is 339. The Balaban J connectivity index is 2.65. The maximum atomic E-state index is 11.6. The zero-order valence-corrected chi connectivity index (χ0v) is 12.4. The number of hydrogen-bond donors (Lipinski definition) is 1. The van der Waals surface area contributed by atoms with Crippen LogP contribution < -0.4 is 5.32 Å². The number of carbonyl (C=O) groups excluding carboxylic acids is 1. The van der Waals surface area contributed by atoms with Crippen molar-refractivity contribution in [2.45, 2.75) is 6.42 Å². The molecule has 1 rings (SSSR count). The fourth-order valence-electron chi connectivity index (χ4n) is 1.06. The maximum Gasteiger partial charge on any atom is 0.251 e. The predicted molar refractivity (Wildman–Crippen MR) is 75.0 cm³/mol. The van der Waals surface area contributed by atoms with Crippen molar-refractivity contribution < 1.29 is 4.79 Å². The van der Waals surface area contributed by atoms with Crippen LogP contribution in [0.25, 0.3) is 0 Å². The molecule has 5 heteroatoms. The van der Waals surface area contributed by atoms with Gasteiger partial charge < -0.3 is 5.32 Å². The second-order valence-electron chi connectivity index (χ2n) is 2.96. The molecule has 0 unspecified atom stereocenters. The number of nitrogens with one attached hydrogen (secondary N) is 1. The second-order valence-corrected chi connectivity index (χ2v) is 5.39. The van der Waals surface area contributed by atoms with Crippen LogP contribution in [0.2, 0.25) is 5.02 Å². The molecule has 0 fully saturated rings. The van der Waals surface area contributed by atoms with Gasteiger partial charge in [-0.2, -0.15) is 0 Å². The van der Waals surface area contributed by atoms with E-state index in [2.05, 4.69) is 43.8 Å². The Labute approximate surface area is 116 Å². The van der Waals surface area contributed by atoms with Gasteiger partial charge in [-0.3, -0.25) is 4.79 Å². The predicted octanol–water partition coefficient (Wildman–Crippen LogP) is 3.66. The first-order valence-electron chi connectivity index (χ1n) is 4.43. The van der Waals surface area contributed by atoms with Crippen LogP contribution in [0.5, 0.6) is 0 Å². The van der Waals surface area contributed by atoms with Gasteiger partial charge in [0.15, 0.2) is 0 Å². The first-order valence-corrected chi connectivity index (χ1v) is 7.13. The fraction of sp³-hybridized carbons (Fsp3) is 0.300. The van der Waals surface area contributed by atoms with E-state index in [0.29, 0.717) is 17.1 Å². The number of halogens is 3. The zero-order chi connectivity index (χ0) is 11.3. The highest BCUT2D eigenvalue weighted by molar-refractivity contribution is 14.1. The van der Waals surface area contributed by atoms with Gasteiger partial charge in [-0.15, -0.1) is 0 Å². The van der Waals surface area contributed by atoms with Crippen LogP contribution in [0.1, 0.15) is 16.8 Å². The summed E-state index contributed by atoms with van der Waals surface area (Å²) in [7, 11) is 0. The summed E-state index contributed by atoms with van der Waals surface area (Å²) in [4.78, 5) is 11.6. The highest BCUT2D eigenvalue weighted by atomic mass is 127. The van der Waals surface area contributed by atoms with Gasteiger partial charge in [0.1, 0.15) is 0 Å². The number of benzene rings is 1. The van der Waals surface area contributed by atoms with Crippen molar-refractivity contribution in [3.8, 4) is 0 Å². The van der Waals surface area contributed by atoms with E-state index in [1.165, 1.54) is 0 Å². The van der Waals surface area contributed by atoms with Gasteiger partial charge in [0.25, 0.3) is 5.91 Å². The average molecular weight is 402 g/mol. The minimum absolute atomic E-state index is 0.0805. The molecule has 0 aliphatic heterocycles. The SMILES string of the molecule is O=C(NCCCI)c1cc(Cl)cc(Br)c1. The van der Waals surface area contributed by atoms with Crippen molar-refractivity contribution >= 4 is 56.0 Å². The van der Waals surface area contributed by atoms with Crippen LogP contribution in [0.15, 0.2) is 22.7 Å². The van der Waals surface area contributed by atoms with E-state index in [0.717, 1.165) is 15.3 Å². The third-order valence-electron chi connectivity index (χ3n) is 1.72. The maximum absolute atomic E-state index is 11.6. The lowest BCUT2D eigenvalue weighted by Gasteiger charge is -2.04. The van der Waals surface area contributed by atoms with Crippen LogP contribution >= 0.6 is 50.1 Å². The van der Waals surface area contributed by atoms with E-state index in [-0.39, 0.29) is 5.91 Å². The molecule has 1 aromatic carbocycles. The average Bonchev–Trinajstić information content (AvgIpc) is 2.16. The molecular weight excluding hydrogens is 392 g/mol. The molecule has 1 aromatic rings. The zero-order valence-electron chi connectivity index (χ0n) is 7.90. The van der Waals surface area contributed by atoms with Gasteiger partial charge in [0, 0.05) is 26.0 Å². The van der Waals surface area contributed by atoms with Gasteiger partial charge in [0.2, 0.25) is 0 Å². The summed E-state index contributed by atoms with van der Waals surface area (Å²) in [6, 6.07) is 5.17. The highest BCUT2D eigenvalue weighted by Gasteiger charge is 2.06. The Morgan fingerprint density at radius 2 is 2.20 bits per heavy atom. The van der Waals surface area contributed by atoms with Crippen LogP contribution in [-0.2, 0) is 0 Å². The molecule has 2 nitrogen and oxygen atoms in total. The molecule has 0 saturated carbocycles. The number of rotatable bonds is 4. The number of hydrogen-bond acceptors (Lipinski definition) is 1. The van der Waals surface area contributed by atoms with E-state index in [9.17, 15) is 4.79 Å². The summed E-state index contributed by atoms with van der Waals surface area (Å²) < 4.78 is 1.85. The van der Waals surface area contributed by atoms with Gasteiger partial charge in [-0.05, 0) is 24.6 Å². The number of alkyl halides is 1. The lowest BCUT2D eigenvalue weighted by molar-refractivity contribution is 0.0954. The third kappa shape index (κ3) is 4.70. The largest absolute Gasteiger partial charge is 0.352 e. The number of carbonyl (C=O) groups is 1. The summed E-state index contributed by atoms with van der Waals surface area (Å²) in [5, 5.41) is 3.39. The molecule has 0 aliphatic carbocycles. The highest BCUT2D eigenvalue weighted by Crippen LogP contribution is 2.19. The quantitative estimate of drug-likeness (QED) is 0.465. The summed E-state index contributed by atoms with van der Waals surface area (Å²) in [5.74, 6) is -0.0805. The van der Waals surface area contributed by atoms with Crippen molar-refractivity contribution in [3.63, 3.8) is 0 Å². The van der Waals surface area contributed by atoms with Crippen molar-refractivity contribution in [1.82, 2.24) is 5.32 Å². The van der Waals surface area contributed by atoms with Crippen LogP contribution in [0, 0.1) is 0 Å². The van der Waals surface area contributed by atoms with E-state index < -0.39 is 0 Å². The van der Waals surface area contributed by atoms with E-state index >= 15 is 0 Å². The van der Waals surface area contributed by atoms with Crippen LogP contribution in [0.4, 0.5) is 0 Å². The Morgan fingerprint density at radius 3 is 2.80 bits per heavy atom. The monoisotopic (exact) mass is 401 g/mol. The molecule has 0 aromatic heterocycles. The minimum atomic E-state index is -0.0805. The van der Waals surface area contributed by atoms with Crippen LogP contribution in [-0.4, -0.2) is 16.9 Å². The standard InChI is InChI=1S/C10H10BrClINO/c11-8-4-7(5-9(12)6-8)10(15)14-3-1-2-13/h4-6H,1-3H2,(H,14,15). The summed E-state index contributed by atoms with van der Waals surface area (Å²) in [6.07, 6.45) is 0.980. The smallest absolute Gasteiger partial charge is 0.251 e. The second kappa shape index (κ2) is 6.70. The first-order chi connectivity index (χ1) is 7.13. The number of amides is 1. The van der Waals surface area contributed by atoms with E-state index in [1.54, 1.807) is 18.2 Å². The molecule has 0 atom stereocenters. The molecule has 0 radical (unpaired) electrons. The van der Waals surface area contributed by atoms with Crippen molar-refractivity contribution in [2.24, 2.45) is 0 Å². The molecule has 0 spiro atoms. The normalized spacial score (nSPS) is 10.1. The Hall–Kier alpha value is 0.190. The minimum Gasteiger partial charge on any atom is -0.352 e. The Kier molecular flexibility index (Phi) is 5.92. The van der Waals surface area contributed by atoms with Gasteiger partial charge in [-0.25, -0.2) is 0 Å². The van der Waals surface area contributed by atoms with Gasteiger partial charge in [-0.1, -0.05) is 50.1 Å². The van der Waals surface area contributed by atoms with Crippen LogP contribution in [0.3, 0.4) is 0 Å². The van der Waals surface area contributed by atoms with Crippen molar-refractivity contribution in [1.29, 1.82) is 0 Å². The lowest BCUT2D eigenvalue weighted by Crippen LogP contribution is -2.24. The van der Waals surface area contributed by atoms with Crippen molar-refractivity contribution in [2.75, 3.05) is 11.0 Å². The molecule has 0 bridgehead atoms. The summed E-state index contributed by atoms with van der Waals surface area (Å²) in [5.41, 5.74) is 0.586. The molecule has 82 valence electrons. The molecule has 1 N–H and O–H groups in total. The summed E-state index contributed by atoms with van der Waals surface area (Å²) in [6.45, 7) is 0.700. The topological polar surface area (TPSA) is 29.1 Å². The molecule has 0 heterocycles. The Morgan fingerprint density at radius 1 is 1.47 bits per heavy atom. The van der Waals surface area contributed by atoms with Gasteiger partial charge in [0.05, 0.1) is 0 Å². The molecule has 1 amide bonds. The fourth-order valence-corrected chi connectivity index (χ4v) is 2.30. The molecule has 15 heavy (non-hydrogen) atoms. The molecule has 0 saturated heterocycles. The lowest BCUT2D eigenvalue weighted by atomic mass is 10.2.